The number of carbonyl (C=O) groups excluding carboxylic acids is 1. The quantitative estimate of drug-likeness (QED) is 0.707. The molecular weight excluding hydrogens is 369 g/mol. The number of halogens is 3. The van der Waals surface area contributed by atoms with E-state index in [-0.39, 0.29) is 17.7 Å². The van der Waals surface area contributed by atoms with E-state index < -0.39 is 11.7 Å². The minimum Gasteiger partial charge on any atom is -0.508 e. The van der Waals surface area contributed by atoms with E-state index in [1.165, 1.54) is 24.3 Å². The molecule has 2 aromatic carbocycles. The summed E-state index contributed by atoms with van der Waals surface area (Å²) in [5.74, 6) is -0.121. The molecule has 0 unspecified atom stereocenters. The fraction of sp³-hybridized carbons (Fsp3) is 0.286. The van der Waals surface area contributed by atoms with Crippen molar-refractivity contribution in [2.45, 2.75) is 18.6 Å². The van der Waals surface area contributed by atoms with Gasteiger partial charge in [0.1, 0.15) is 5.75 Å². The number of hydrogen-bond donors (Lipinski definition) is 2. The molecule has 150 valence electrons. The van der Waals surface area contributed by atoms with E-state index in [1.54, 1.807) is 12.1 Å². The normalized spacial score (nSPS) is 13.1. The molecule has 2 N–H and O–H groups in total. The number of nitrogens with one attached hydrogen (secondary N) is 1. The number of likely N-dealkylation sites (N-methyl/N-ethyl adjacent to an activating group) is 1. The van der Waals surface area contributed by atoms with Crippen LogP contribution in [0.2, 0.25) is 0 Å². The molecule has 0 aliphatic rings. The van der Waals surface area contributed by atoms with Crippen molar-refractivity contribution in [1.29, 1.82) is 0 Å². The second kappa shape index (κ2) is 9.41. The molecular formula is C21H23F3N2O2. The molecule has 1 atom stereocenters. The minimum absolute atomic E-state index is 0.0490. The van der Waals surface area contributed by atoms with Crippen LogP contribution in [-0.2, 0) is 17.4 Å². The maximum Gasteiger partial charge on any atom is 0.416 e. The van der Waals surface area contributed by atoms with Gasteiger partial charge in [-0.25, -0.2) is 0 Å². The fourth-order valence-electron chi connectivity index (χ4n) is 2.57. The molecule has 7 heteroatoms. The standard InChI is InChI=1S/C21H23F3N2O2/c1-26(2)18(13-16-5-10-19(27)11-6-16)14-25-20(28)12-7-15-3-8-17(9-4-15)21(22,23)24/h3-12,18,27H,13-14H2,1-2H3,(H,25,28)/b12-7+/t18-/m0/s1. The molecule has 0 aliphatic carbocycles. The molecule has 2 rings (SSSR count). The van der Waals surface area contributed by atoms with Crippen LogP contribution in [0.3, 0.4) is 0 Å². The highest BCUT2D eigenvalue weighted by molar-refractivity contribution is 5.91. The number of phenolic OH excluding ortho intramolecular Hbond substituents is 1. The molecule has 0 bridgehead atoms. The van der Waals surface area contributed by atoms with Crippen molar-refractivity contribution < 1.29 is 23.1 Å². The summed E-state index contributed by atoms with van der Waals surface area (Å²) in [6.45, 7) is 0.407. The van der Waals surface area contributed by atoms with E-state index in [0.717, 1.165) is 17.7 Å². The third kappa shape index (κ3) is 6.74. The second-order valence-electron chi connectivity index (χ2n) is 6.69. The Balaban J connectivity index is 1.90. The number of amides is 1. The van der Waals surface area contributed by atoms with Crippen LogP contribution in [0.25, 0.3) is 6.08 Å². The predicted molar refractivity (Wildman–Crippen MR) is 103 cm³/mol. The Bertz CT molecular complexity index is 798. The van der Waals surface area contributed by atoms with E-state index in [2.05, 4.69) is 5.32 Å². The topological polar surface area (TPSA) is 52.6 Å². The number of phenols is 1. The summed E-state index contributed by atoms with van der Waals surface area (Å²) in [4.78, 5) is 14.0. The van der Waals surface area contributed by atoms with Gasteiger partial charge in [-0.05, 0) is 62.0 Å². The summed E-state index contributed by atoms with van der Waals surface area (Å²) in [7, 11) is 3.82. The fourth-order valence-corrected chi connectivity index (χ4v) is 2.57. The maximum absolute atomic E-state index is 12.6. The SMILES string of the molecule is CN(C)[C@H](CNC(=O)/C=C/c1ccc(C(F)(F)F)cc1)Cc1ccc(O)cc1. The van der Waals surface area contributed by atoms with Gasteiger partial charge in [-0.15, -0.1) is 0 Å². The van der Waals surface area contributed by atoms with E-state index >= 15 is 0 Å². The van der Waals surface area contributed by atoms with Crippen LogP contribution >= 0.6 is 0 Å². The van der Waals surface area contributed by atoms with Gasteiger partial charge in [-0.3, -0.25) is 4.79 Å². The predicted octanol–water partition coefficient (Wildman–Crippen LogP) is 3.71. The van der Waals surface area contributed by atoms with Crippen molar-refractivity contribution in [1.82, 2.24) is 10.2 Å². The van der Waals surface area contributed by atoms with Crippen molar-refractivity contribution in [3.63, 3.8) is 0 Å². The molecule has 1 amide bonds. The summed E-state index contributed by atoms with van der Waals surface area (Å²) >= 11 is 0. The highest BCUT2D eigenvalue weighted by Crippen LogP contribution is 2.29. The lowest BCUT2D eigenvalue weighted by Crippen LogP contribution is -2.41. The third-order valence-electron chi connectivity index (χ3n) is 4.32. The van der Waals surface area contributed by atoms with Gasteiger partial charge in [0.25, 0.3) is 0 Å². The van der Waals surface area contributed by atoms with E-state index in [1.807, 2.05) is 31.1 Å². The lowest BCUT2D eigenvalue weighted by Gasteiger charge is -2.24. The van der Waals surface area contributed by atoms with E-state index in [9.17, 15) is 23.1 Å². The summed E-state index contributed by atoms with van der Waals surface area (Å²) in [6.07, 6.45) is -0.912. The van der Waals surface area contributed by atoms with Crippen molar-refractivity contribution in [3.05, 3.63) is 71.3 Å². The first-order chi connectivity index (χ1) is 13.1. The highest BCUT2D eigenvalue weighted by Gasteiger charge is 2.29. The summed E-state index contributed by atoms with van der Waals surface area (Å²) in [5, 5.41) is 12.2. The molecule has 0 aliphatic heterocycles. The van der Waals surface area contributed by atoms with Crippen LogP contribution in [0.15, 0.2) is 54.6 Å². The number of aromatic hydroxyl groups is 1. The summed E-state index contributed by atoms with van der Waals surface area (Å²) in [6, 6.07) is 11.6. The van der Waals surface area contributed by atoms with Crippen LogP contribution in [-0.4, -0.2) is 42.6 Å². The van der Waals surface area contributed by atoms with Gasteiger partial charge >= 0.3 is 6.18 Å². The Morgan fingerprint density at radius 2 is 1.71 bits per heavy atom. The Hall–Kier alpha value is -2.80. The Morgan fingerprint density at radius 3 is 2.25 bits per heavy atom. The number of rotatable bonds is 7. The lowest BCUT2D eigenvalue weighted by molar-refractivity contribution is -0.137. The monoisotopic (exact) mass is 392 g/mol. The van der Waals surface area contributed by atoms with E-state index in [0.29, 0.717) is 18.5 Å². The largest absolute Gasteiger partial charge is 0.508 e. The molecule has 0 spiro atoms. The number of carbonyl (C=O) groups is 1. The van der Waals surface area contributed by atoms with Crippen LogP contribution < -0.4 is 5.32 Å². The summed E-state index contributed by atoms with van der Waals surface area (Å²) in [5.41, 5.74) is 0.819. The zero-order chi connectivity index (χ0) is 20.7. The first-order valence-corrected chi connectivity index (χ1v) is 8.72. The molecule has 0 saturated heterocycles. The Kier molecular flexibility index (Phi) is 7.23. The van der Waals surface area contributed by atoms with Gasteiger partial charge in [0.05, 0.1) is 5.56 Å². The van der Waals surface area contributed by atoms with Crippen LogP contribution in [0, 0.1) is 0 Å². The Morgan fingerprint density at radius 1 is 1.11 bits per heavy atom. The molecule has 0 heterocycles. The number of hydrogen-bond acceptors (Lipinski definition) is 3. The molecule has 28 heavy (non-hydrogen) atoms. The molecule has 0 aromatic heterocycles. The minimum atomic E-state index is -4.38. The van der Waals surface area contributed by atoms with Crippen LogP contribution in [0.4, 0.5) is 13.2 Å². The second-order valence-corrected chi connectivity index (χ2v) is 6.69. The average molecular weight is 392 g/mol. The molecule has 0 fully saturated rings. The number of alkyl halides is 3. The first kappa shape index (κ1) is 21.5. The van der Waals surface area contributed by atoms with Gasteiger partial charge in [0.15, 0.2) is 0 Å². The van der Waals surface area contributed by atoms with Gasteiger partial charge < -0.3 is 15.3 Å². The van der Waals surface area contributed by atoms with Gasteiger partial charge in [0, 0.05) is 18.7 Å². The lowest BCUT2D eigenvalue weighted by atomic mass is 10.0. The first-order valence-electron chi connectivity index (χ1n) is 8.72. The van der Waals surface area contributed by atoms with Gasteiger partial charge in [-0.2, -0.15) is 13.2 Å². The van der Waals surface area contributed by atoms with Gasteiger partial charge in [0.2, 0.25) is 5.91 Å². The summed E-state index contributed by atoms with van der Waals surface area (Å²) < 4.78 is 37.7. The molecule has 0 radical (unpaired) electrons. The van der Waals surface area contributed by atoms with Crippen LogP contribution in [0.5, 0.6) is 5.75 Å². The average Bonchev–Trinajstić information content (AvgIpc) is 2.64. The third-order valence-corrected chi connectivity index (χ3v) is 4.32. The maximum atomic E-state index is 12.6. The van der Waals surface area contributed by atoms with Crippen molar-refractivity contribution in [2.24, 2.45) is 0 Å². The number of nitrogens with zero attached hydrogens (tertiary/aromatic N) is 1. The zero-order valence-electron chi connectivity index (χ0n) is 15.7. The Labute approximate surface area is 162 Å². The molecule has 0 saturated carbocycles. The molecule has 2 aromatic rings. The zero-order valence-corrected chi connectivity index (χ0v) is 15.7. The van der Waals surface area contributed by atoms with Crippen molar-refractivity contribution >= 4 is 12.0 Å². The van der Waals surface area contributed by atoms with E-state index in [4.69, 9.17) is 0 Å². The number of benzene rings is 2. The smallest absolute Gasteiger partial charge is 0.416 e. The molecule has 4 nitrogen and oxygen atoms in total. The van der Waals surface area contributed by atoms with Crippen molar-refractivity contribution in [3.8, 4) is 5.75 Å². The van der Waals surface area contributed by atoms with Crippen LogP contribution in [0.1, 0.15) is 16.7 Å². The van der Waals surface area contributed by atoms with Crippen molar-refractivity contribution in [2.75, 3.05) is 20.6 Å². The van der Waals surface area contributed by atoms with Gasteiger partial charge in [-0.1, -0.05) is 24.3 Å². The highest BCUT2D eigenvalue weighted by atomic mass is 19.4.